The maximum absolute atomic E-state index is 12.4. The van der Waals surface area contributed by atoms with Gasteiger partial charge in [-0.15, -0.1) is 6.58 Å². The second-order valence-electron chi connectivity index (χ2n) is 3.05. The first-order valence-corrected chi connectivity index (χ1v) is 4.37. The van der Waals surface area contributed by atoms with E-state index in [-0.39, 0.29) is 31.5 Å². The van der Waals surface area contributed by atoms with Crippen molar-refractivity contribution in [2.75, 3.05) is 0 Å². The minimum atomic E-state index is -4.25. The summed E-state index contributed by atoms with van der Waals surface area (Å²) in [6.07, 6.45) is -3.31. The lowest BCUT2D eigenvalue weighted by molar-refractivity contribution is -0.175. The van der Waals surface area contributed by atoms with Gasteiger partial charge in [-0.25, -0.2) is 0 Å². The summed E-state index contributed by atoms with van der Waals surface area (Å²) in [5.41, 5.74) is 0. The summed E-state index contributed by atoms with van der Waals surface area (Å²) in [4.78, 5) is 9.86. The van der Waals surface area contributed by atoms with Crippen molar-refractivity contribution in [2.45, 2.75) is 25.4 Å². The van der Waals surface area contributed by atoms with Gasteiger partial charge in [0.1, 0.15) is 5.76 Å². The quantitative estimate of drug-likeness (QED) is 0.375. The van der Waals surface area contributed by atoms with Crippen LogP contribution in [0.2, 0.25) is 0 Å². The fourth-order valence-corrected chi connectivity index (χ4v) is 1.08. The van der Waals surface area contributed by atoms with Crippen LogP contribution in [0.3, 0.4) is 0 Å². The number of carbonyl (C=O) groups is 1. The first kappa shape index (κ1) is 13.7. The third kappa shape index (κ3) is 5.93. The summed E-state index contributed by atoms with van der Waals surface area (Å²) < 4.78 is 41.4. The second-order valence-corrected chi connectivity index (χ2v) is 3.05. The maximum atomic E-state index is 12.4. The zero-order chi connectivity index (χ0) is 11.9. The van der Waals surface area contributed by atoms with E-state index in [9.17, 15) is 18.0 Å². The number of ether oxygens (including phenoxy) is 1. The highest BCUT2D eigenvalue weighted by Gasteiger charge is 2.38. The van der Waals surface area contributed by atoms with Gasteiger partial charge in [0.15, 0.2) is 0 Å². The van der Waals surface area contributed by atoms with Crippen LogP contribution in [-0.2, 0) is 9.53 Å². The molecule has 0 rings (SSSR count). The van der Waals surface area contributed by atoms with Crippen molar-refractivity contribution in [3.05, 3.63) is 25.0 Å². The van der Waals surface area contributed by atoms with E-state index in [1.165, 1.54) is 6.08 Å². The smallest absolute Gasteiger partial charge is 0.392 e. The van der Waals surface area contributed by atoms with Gasteiger partial charge in [-0.05, 0) is 12.8 Å². The Balaban J connectivity index is 4.12. The van der Waals surface area contributed by atoms with Crippen LogP contribution in [0.25, 0.3) is 0 Å². The fourth-order valence-electron chi connectivity index (χ4n) is 1.08. The molecule has 0 amide bonds. The van der Waals surface area contributed by atoms with Crippen LogP contribution < -0.4 is 0 Å². The first-order valence-electron chi connectivity index (χ1n) is 4.37. The van der Waals surface area contributed by atoms with Gasteiger partial charge in [0.2, 0.25) is 0 Å². The zero-order valence-corrected chi connectivity index (χ0v) is 8.22. The largest absolute Gasteiger partial charge is 0.434 e. The van der Waals surface area contributed by atoms with Gasteiger partial charge in [-0.3, -0.25) is 4.79 Å². The Kier molecular flexibility index (Phi) is 5.74. The molecule has 0 aliphatic carbocycles. The maximum Gasteiger partial charge on any atom is 0.392 e. The predicted octanol–water partition coefficient (Wildman–Crippen LogP) is 3.21. The molecule has 1 atom stereocenters. The first-order chi connectivity index (χ1) is 6.91. The molecule has 0 saturated carbocycles. The van der Waals surface area contributed by atoms with E-state index in [0.717, 1.165) is 0 Å². The lowest BCUT2D eigenvalue weighted by atomic mass is 9.98. The molecule has 0 saturated heterocycles. The van der Waals surface area contributed by atoms with Gasteiger partial charge >= 0.3 is 6.18 Å². The van der Waals surface area contributed by atoms with E-state index in [1.54, 1.807) is 0 Å². The molecule has 86 valence electrons. The molecule has 0 aromatic carbocycles. The molecule has 2 nitrogen and oxygen atoms in total. The van der Waals surface area contributed by atoms with Crippen LogP contribution in [0, 0.1) is 5.92 Å². The number of hydrogen-bond acceptors (Lipinski definition) is 2. The number of allylic oxidation sites excluding steroid dienone is 2. The molecule has 0 aliphatic rings. The fraction of sp³-hybridized carbons (Fsp3) is 0.500. The molecule has 0 aromatic rings. The van der Waals surface area contributed by atoms with Crippen molar-refractivity contribution in [3.63, 3.8) is 0 Å². The Bertz CT molecular complexity index is 233. The Morgan fingerprint density at radius 1 is 1.47 bits per heavy atom. The number of halogens is 3. The Morgan fingerprint density at radius 3 is 2.47 bits per heavy atom. The van der Waals surface area contributed by atoms with E-state index < -0.39 is 12.1 Å². The van der Waals surface area contributed by atoms with Gasteiger partial charge < -0.3 is 4.74 Å². The lowest BCUT2D eigenvalue weighted by Crippen LogP contribution is -2.22. The van der Waals surface area contributed by atoms with Crippen LogP contribution in [-0.4, -0.2) is 12.6 Å². The highest BCUT2D eigenvalue weighted by atomic mass is 19.4. The summed E-state index contributed by atoms with van der Waals surface area (Å²) in [6, 6.07) is 0. The summed E-state index contributed by atoms with van der Waals surface area (Å²) in [5, 5.41) is 0. The Labute approximate surface area is 86.4 Å². The van der Waals surface area contributed by atoms with E-state index >= 15 is 0 Å². The van der Waals surface area contributed by atoms with Gasteiger partial charge in [0, 0.05) is 6.42 Å². The number of rotatable bonds is 7. The van der Waals surface area contributed by atoms with Crippen LogP contribution >= 0.6 is 0 Å². The molecule has 0 bridgehead atoms. The number of carbonyl (C=O) groups excluding carboxylic acids is 1. The summed E-state index contributed by atoms with van der Waals surface area (Å²) >= 11 is 0. The van der Waals surface area contributed by atoms with Crippen LogP contribution in [0.1, 0.15) is 19.3 Å². The monoisotopic (exact) mass is 222 g/mol. The van der Waals surface area contributed by atoms with Crippen molar-refractivity contribution in [2.24, 2.45) is 5.92 Å². The minimum Gasteiger partial charge on any atom is -0.434 e. The lowest BCUT2D eigenvalue weighted by Gasteiger charge is -2.18. The average molecular weight is 222 g/mol. The average Bonchev–Trinajstić information content (AvgIpc) is 2.10. The molecule has 0 heterocycles. The molecule has 15 heavy (non-hydrogen) atoms. The Morgan fingerprint density at radius 2 is 2.07 bits per heavy atom. The van der Waals surface area contributed by atoms with Crippen LogP contribution in [0.15, 0.2) is 25.0 Å². The Hall–Kier alpha value is -1.26. The normalized spacial score (nSPS) is 13.0. The number of alkyl halides is 3. The second kappa shape index (κ2) is 6.27. The summed E-state index contributed by atoms with van der Waals surface area (Å²) in [7, 11) is 0. The molecular weight excluding hydrogens is 209 g/mol. The van der Waals surface area contributed by atoms with E-state index in [4.69, 9.17) is 0 Å². The van der Waals surface area contributed by atoms with Crippen molar-refractivity contribution >= 4 is 6.47 Å². The molecule has 0 spiro atoms. The highest BCUT2D eigenvalue weighted by Crippen LogP contribution is 2.33. The molecule has 0 N–H and O–H groups in total. The molecule has 0 radical (unpaired) electrons. The molecule has 0 unspecified atom stereocenters. The van der Waals surface area contributed by atoms with Gasteiger partial charge in [0.05, 0.1) is 5.92 Å². The van der Waals surface area contributed by atoms with Gasteiger partial charge in [-0.1, -0.05) is 12.7 Å². The standard InChI is InChI=1S/C10H13F3O2/c1-3-4-9(10(11,12)13)6-5-8(2)15-7-14/h3,7,9H,1-2,4-6H2/t9-/m0/s1. The summed E-state index contributed by atoms with van der Waals surface area (Å²) in [5.74, 6) is -1.41. The molecule has 5 heteroatoms. The van der Waals surface area contributed by atoms with Crippen molar-refractivity contribution in [3.8, 4) is 0 Å². The van der Waals surface area contributed by atoms with Crippen molar-refractivity contribution < 1.29 is 22.7 Å². The van der Waals surface area contributed by atoms with E-state index in [0.29, 0.717) is 0 Å². The van der Waals surface area contributed by atoms with Gasteiger partial charge in [-0.2, -0.15) is 13.2 Å². The topological polar surface area (TPSA) is 26.3 Å². The number of hydrogen-bond donors (Lipinski definition) is 0. The third-order valence-corrected chi connectivity index (χ3v) is 1.90. The van der Waals surface area contributed by atoms with Crippen molar-refractivity contribution in [1.82, 2.24) is 0 Å². The molecule has 0 fully saturated rings. The highest BCUT2D eigenvalue weighted by molar-refractivity contribution is 5.39. The van der Waals surface area contributed by atoms with E-state index in [1.807, 2.05) is 0 Å². The minimum absolute atomic E-state index is 0.0107. The van der Waals surface area contributed by atoms with Crippen molar-refractivity contribution in [1.29, 1.82) is 0 Å². The molecule has 0 aliphatic heterocycles. The zero-order valence-electron chi connectivity index (χ0n) is 8.22. The SMILES string of the molecule is C=CC[C@@H](CCC(=C)OC=O)C(F)(F)F. The van der Waals surface area contributed by atoms with Crippen LogP contribution in [0.4, 0.5) is 13.2 Å². The van der Waals surface area contributed by atoms with Gasteiger partial charge in [0.25, 0.3) is 6.47 Å². The molecule has 0 aromatic heterocycles. The van der Waals surface area contributed by atoms with Crippen LogP contribution in [0.5, 0.6) is 0 Å². The predicted molar refractivity (Wildman–Crippen MR) is 49.9 cm³/mol. The van der Waals surface area contributed by atoms with E-state index in [2.05, 4.69) is 17.9 Å². The molecular formula is C10H13F3O2. The third-order valence-electron chi connectivity index (χ3n) is 1.90. The summed E-state index contributed by atoms with van der Waals surface area (Å²) in [6.45, 7) is 6.73.